The fourth-order valence-corrected chi connectivity index (χ4v) is 1.50. The monoisotopic (exact) mass is 179 g/mol. The minimum atomic E-state index is 0.881. The maximum Gasteiger partial charge on any atom is 0.120 e. The quantitative estimate of drug-likeness (QED) is 0.702. The molecule has 72 valence electrons. The molecule has 0 atom stereocenters. The summed E-state index contributed by atoms with van der Waals surface area (Å²) in [7, 11) is 0. The van der Waals surface area contributed by atoms with Crippen molar-refractivity contribution in [3.05, 3.63) is 23.7 Å². The third kappa shape index (κ3) is 2.59. The predicted octanol–water partition coefficient (Wildman–Crippen LogP) is 2.48. The molecule has 2 rings (SSSR count). The molecule has 1 aliphatic carbocycles. The van der Waals surface area contributed by atoms with E-state index in [1.807, 2.05) is 6.07 Å². The van der Waals surface area contributed by atoms with Crippen LogP contribution in [0.5, 0.6) is 0 Å². The van der Waals surface area contributed by atoms with Gasteiger partial charge in [-0.2, -0.15) is 0 Å². The van der Waals surface area contributed by atoms with Crippen molar-refractivity contribution in [2.24, 2.45) is 5.92 Å². The minimum absolute atomic E-state index is 0.881. The van der Waals surface area contributed by atoms with Crippen LogP contribution in [0.25, 0.3) is 0 Å². The van der Waals surface area contributed by atoms with Crippen LogP contribution in [0.15, 0.2) is 16.7 Å². The SMILES string of the molecule is Cc1ccoc1CNCCC1CC1. The van der Waals surface area contributed by atoms with Gasteiger partial charge in [0.2, 0.25) is 0 Å². The van der Waals surface area contributed by atoms with Crippen molar-refractivity contribution < 1.29 is 4.42 Å². The number of hydrogen-bond acceptors (Lipinski definition) is 2. The molecular formula is C11H17NO. The van der Waals surface area contributed by atoms with Crippen LogP contribution in [-0.2, 0) is 6.54 Å². The molecule has 2 heteroatoms. The molecule has 1 fully saturated rings. The smallest absolute Gasteiger partial charge is 0.120 e. The highest BCUT2D eigenvalue weighted by atomic mass is 16.3. The largest absolute Gasteiger partial charge is 0.468 e. The summed E-state index contributed by atoms with van der Waals surface area (Å²) >= 11 is 0. The molecule has 1 N–H and O–H groups in total. The molecule has 0 amide bonds. The first kappa shape index (κ1) is 8.82. The first-order valence-electron chi connectivity index (χ1n) is 5.10. The van der Waals surface area contributed by atoms with Gasteiger partial charge >= 0.3 is 0 Å². The highest BCUT2D eigenvalue weighted by molar-refractivity contribution is 5.13. The van der Waals surface area contributed by atoms with Crippen LogP contribution in [0.3, 0.4) is 0 Å². The van der Waals surface area contributed by atoms with Crippen LogP contribution in [0.1, 0.15) is 30.6 Å². The van der Waals surface area contributed by atoms with Crippen molar-refractivity contribution in [1.29, 1.82) is 0 Å². The third-order valence-corrected chi connectivity index (χ3v) is 2.68. The molecular weight excluding hydrogens is 162 g/mol. The number of furan rings is 1. The van der Waals surface area contributed by atoms with E-state index >= 15 is 0 Å². The molecule has 1 aromatic heterocycles. The average Bonchev–Trinajstić information content (AvgIpc) is 2.86. The number of nitrogens with one attached hydrogen (secondary N) is 1. The van der Waals surface area contributed by atoms with Gasteiger partial charge in [-0.05, 0) is 37.4 Å². The Hall–Kier alpha value is -0.760. The molecule has 1 aromatic rings. The van der Waals surface area contributed by atoms with Crippen molar-refractivity contribution in [1.82, 2.24) is 5.32 Å². The maximum atomic E-state index is 5.32. The Labute approximate surface area is 79.3 Å². The average molecular weight is 179 g/mol. The van der Waals surface area contributed by atoms with Gasteiger partial charge in [-0.1, -0.05) is 12.8 Å². The topological polar surface area (TPSA) is 25.2 Å². The summed E-state index contributed by atoms with van der Waals surface area (Å²) in [4.78, 5) is 0. The summed E-state index contributed by atoms with van der Waals surface area (Å²) in [6, 6.07) is 2.01. The van der Waals surface area contributed by atoms with Crippen molar-refractivity contribution in [2.75, 3.05) is 6.54 Å². The molecule has 13 heavy (non-hydrogen) atoms. The number of hydrogen-bond donors (Lipinski definition) is 1. The van der Waals surface area contributed by atoms with Crippen LogP contribution in [0.2, 0.25) is 0 Å². The van der Waals surface area contributed by atoms with E-state index in [4.69, 9.17) is 4.42 Å². The minimum Gasteiger partial charge on any atom is -0.468 e. The summed E-state index contributed by atoms with van der Waals surface area (Å²) in [6.07, 6.45) is 5.98. The zero-order chi connectivity index (χ0) is 9.10. The fourth-order valence-electron chi connectivity index (χ4n) is 1.50. The Bertz CT molecular complexity index is 263. The van der Waals surface area contributed by atoms with E-state index in [1.165, 1.54) is 24.8 Å². The van der Waals surface area contributed by atoms with E-state index in [9.17, 15) is 0 Å². The third-order valence-electron chi connectivity index (χ3n) is 2.68. The van der Waals surface area contributed by atoms with E-state index in [1.54, 1.807) is 6.26 Å². The Kier molecular flexibility index (Phi) is 2.69. The summed E-state index contributed by atoms with van der Waals surface area (Å²) in [6.45, 7) is 4.10. The zero-order valence-electron chi connectivity index (χ0n) is 8.18. The summed E-state index contributed by atoms with van der Waals surface area (Å²) < 4.78 is 5.32. The second-order valence-corrected chi connectivity index (χ2v) is 3.94. The van der Waals surface area contributed by atoms with Crippen LogP contribution in [-0.4, -0.2) is 6.54 Å². The van der Waals surface area contributed by atoms with Crippen molar-refractivity contribution in [3.63, 3.8) is 0 Å². The Morgan fingerprint density at radius 2 is 2.38 bits per heavy atom. The molecule has 2 nitrogen and oxygen atoms in total. The first-order valence-corrected chi connectivity index (χ1v) is 5.10. The molecule has 0 unspecified atom stereocenters. The molecule has 0 bridgehead atoms. The molecule has 1 saturated carbocycles. The molecule has 1 heterocycles. The zero-order valence-corrected chi connectivity index (χ0v) is 8.18. The van der Waals surface area contributed by atoms with E-state index in [2.05, 4.69) is 12.2 Å². The van der Waals surface area contributed by atoms with Gasteiger partial charge < -0.3 is 9.73 Å². The summed E-state index contributed by atoms with van der Waals surface area (Å²) in [5.74, 6) is 2.10. The van der Waals surface area contributed by atoms with Crippen LogP contribution in [0, 0.1) is 12.8 Å². The van der Waals surface area contributed by atoms with Crippen molar-refractivity contribution >= 4 is 0 Å². The van der Waals surface area contributed by atoms with E-state index in [0.717, 1.165) is 24.8 Å². The van der Waals surface area contributed by atoms with Gasteiger partial charge in [-0.25, -0.2) is 0 Å². The molecule has 0 aliphatic heterocycles. The number of rotatable bonds is 5. The predicted molar refractivity (Wildman–Crippen MR) is 52.5 cm³/mol. The van der Waals surface area contributed by atoms with Gasteiger partial charge in [0.15, 0.2) is 0 Å². The lowest BCUT2D eigenvalue weighted by atomic mass is 10.2. The standard InChI is InChI=1S/C11H17NO/c1-9-5-7-13-11(9)8-12-6-4-10-2-3-10/h5,7,10,12H,2-4,6,8H2,1H3. The van der Waals surface area contributed by atoms with Gasteiger partial charge in [-0.15, -0.1) is 0 Å². The molecule has 1 aliphatic rings. The van der Waals surface area contributed by atoms with Crippen molar-refractivity contribution in [3.8, 4) is 0 Å². The van der Waals surface area contributed by atoms with Gasteiger partial charge in [0.25, 0.3) is 0 Å². The fraction of sp³-hybridized carbons (Fsp3) is 0.636. The van der Waals surface area contributed by atoms with Gasteiger partial charge in [-0.3, -0.25) is 0 Å². The van der Waals surface area contributed by atoms with E-state index < -0.39 is 0 Å². The molecule has 0 spiro atoms. The van der Waals surface area contributed by atoms with E-state index in [0.29, 0.717) is 0 Å². The summed E-state index contributed by atoms with van der Waals surface area (Å²) in [5, 5.41) is 3.41. The first-order chi connectivity index (χ1) is 6.36. The van der Waals surface area contributed by atoms with Crippen LogP contribution < -0.4 is 5.32 Å². The van der Waals surface area contributed by atoms with Crippen molar-refractivity contribution in [2.45, 2.75) is 32.7 Å². The van der Waals surface area contributed by atoms with Gasteiger partial charge in [0, 0.05) is 0 Å². The normalized spacial score (nSPS) is 16.4. The molecule has 0 radical (unpaired) electrons. The van der Waals surface area contributed by atoms with Crippen LogP contribution in [0.4, 0.5) is 0 Å². The number of aryl methyl sites for hydroxylation is 1. The lowest BCUT2D eigenvalue weighted by Gasteiger charge is -2.01. The van der Waals surface area contributed by atoms with Gasteiger partial charge in [0.05, 0.1) is 12.8 Å². The summed E-state index contributed by atoms with van der Waals surface area (Å²) in [5.41, 5.74) is 1.25. The molecule has 0 saturated heterocycles. The van der Waals surface area contributed by atoms with Crippen LogP contribution >= 0.6 is 0 Å². The van der Waals surface area contributed by atoms with E-state index in [-0.39, 0.29) is 0 Å². The lowest BCUT2D eigenvalue weighted by Crippen LogP contribution is -2.15. The highest BCUT2D eigenvalue weighted by Gasteiger charge is 2.19. The highest BCUT2D eigenvalue weighted by Crippen LogP contribution is 2.31. The second kappa shape index (κ2) is 3.97. The second-order valence-electron chi connectivity index (χ2n) is 3.94. The van der Waals surface area contributed by atoms with Gasteiger partial charge in [0.1, 0.15) is 5.76 Å². The Balaban J connectivity index is 1.64. The Morgan fingerprint density at radius 3 is 3.00 bits per heavy atom. The Morgan fingerprint density at radius 1 is 1.54 bits per heavy atom. The molecule has 0 aromatic carbocycles. The maximum absolute atomic E-state index is 5.32. The lowest BCUT2D eigenvalue weighted by molar-refractivity contribution is 0.475.